The minimum Gasteiger partial charge on any atom is -0.480 e. The van der Waals surface area contributed by atoms with E-state index in [0.717, 1.165) is 0 Å². The van der Waals surface area contributed by atoms with E-state index in [9.17, 15) is 19.2 Å². The maximum absolute atomic E-state index is 11.9. The highest BCUT2D eigenvalue weighted by molar-refractivity contribution is 5.93. The van der Waals surface area contributed by atoms with Gasteiger partial charge in [0.2, 0.25) is 11.8 Å². The SMILES string of the molecule is CC(C)C[C@H](NC(=O)CCC(=O)Nc1ccc2[nH]c(=O)[nH]c2n1)C(=O)O. The average molecular weight is 363 g/mol. The largest absolute Gasteiger partial charge is 0.480 e. The van der Waals surface area contributed by atoms with Gasteiger partial charge in [0.1, 0.15) is 11.9 Å². The number of nitrogens with one attached hydrogen (secondary N) is 4. The molecule has 0 saturated carbocycles. The van der Waals surface area contributed by atoms with Crippen LogP contribution in [0.5, 0.6) is 0 Å². The molecule has 0 radical (unpaired) electrons. The van der Waals surface area contributed by atoms with Gasteiger partial charge >= 0.3 is 11.7 Å². The van der Waals surface area contributed by atoms with Crippen molar-refractivity contribution in [2.75, 3.05) is 5.32 Å². The van der Waals surface area contributed by atoms with Gasteiger partial charge < -0.3 is 20.7 Å². The van der Waals surface area contributed by atoms with Gasteiger partial charge in [-0.3, -0.25) is 14.6 Å². The molecule has 0 aliphatic carbocycles. The normalized spacial score (nSPS) is 12.1. The number of aromatic nitrogens is 3. The minimum atomic E-state index is -1.10. The van der Waals surface area contributed by atoms with E-state index in [1.165, 1.54) is 6.07 Å². The lowest BCUT2D eigenvalue weighted by Crippen LogP contribution is -2.41. The number of hydrogen-bond acceptors (Lipinski definition) is 5. The van der Waals surface area contributed by atoms with Crippen molar-refractivity contribution in [1.29, 1.82) is 0 Å². The fourth-order valence-electron chi connectivity index (χ4n) is 2.38. The number of carboxylic acids is 1. The number of carbonyl (C=O) groups excluding carboxylic acids is 2. The van der Waals surface area contributed by atoms with Gasteiger partial charge in [-0.2, -0.15) is 0 Å². The fraction of sp³-hybridized carbons (Fsp3) is 0.438. The van der Waals surface area contributed by atoms with Crippen LogP contribution >= 0.6 is 0 Å². The van der Waals surface area contributed by atoms with E-state index in [4.69, 9.17) is 5.11 Å². The molecule has 10 heteroatoms. The van der Waals surface area contributed by atoms with E-state index < -0.39 is 29.5 Å². The van der Waals surface area contributed by atoms with Crippen LogP contribution in [-0.4, -0.2) is 43.9 Å². The Bertz CT molecular complexity index is 869. The lowest BCUT2D eigenvalue weighted by Gasteiger charge is -2.16. The maximum atomic E-state index is 11.9. The van der Waals surface area contributed by atoms with Crippen LogP contribution in [0.4, 0.5) is 5.82 Å². The molecule has 0 aliphatic heterocycles. The number of hydrogen-bond donors (Lipinski definition) is 5. The van der Waals surface area contributed by atoms with Crippen molar-refractivity contribution in [2.45, 2.75) is 39.2 Å². The molecule has 0 fully saturated rings. The summed E-state index contributed by atoms with van der Waals surface area (Å²) in [6, 6.07) is 2.14. The summed E-state index contributed by atoms with van der Waals surface area (Å²) in [5.74, 6) is -1.70. The molecular formula is C16H21N5O5. The van der Waals surface area contributed by atoms with Crippen molar-refractivity contribution in [1.82, 2.24) is 20.3 Å². The monoisotopic (exact) mass is 363 g/mol. The molecule has 26 heavy (non-hydrogen) atoms. The third-order valence-corrected chi connectivity index (χ3v) is 3.56. The molecule has 2 heterocycles. The molecular weight excluding hydrogens is 342 g/mol. The molecule has 2 aromatic heterocycles. The molecule has 140 valence electrons. The molecule has 0 saturated heterocycles. The number of H-pyrrole nitrogens is 2. The van der Waals surface area contributed by atoms with E-state index in [0.29, 0.717) is 17.6 Å². The Hall–Kier alpha value is -3.17. The lowest BCUT2D eigenvalue weighted by molar-refractivity contribution is -0.142. The number of nitrogens with zero attached hydrogens (tertiary/aromatic N) is 1. The highest BCUT2D eigenvalue weighted by Crippen LogP contribution is 2.10. The summed E-state index contributed by atoms with van der Waals surface area (Å²) in [6.45, 7) is 3.72. The van der Waals surface area contributed by atoms with E-state index in [-0.39, 0.29) is 24.6 Å². The Morgan fingerprint density at radius 1 is 1.15 bits per heavy atom. The number of amides is 2. The predicted molar refractivity (Wildman–Crippen MR) is 93.6 cm³/mol. The second kappa shape index (κ2) is 8.28. The van der Waals surface area contributed by atoms with Crippen molar-refractivity contribution in [3.05, 3.63) is 22.6 Å². The van der Waals surface area contributed by atoms with Gasteiger partial charge in [0.05, 0.1) is 5.52 Å². The van der Waals surface area contributed by atoms with Crippen LogP contribution in [0.2, 0.25) is 0 Å². The number of rotatable bonds is 8. The van der Waals surface area contributed by atoms with Crippen LogP contribution in [0.3, 0.4) is 0 Å². The van der Waals surface area contributed by atoms with Crippen molar-refractivity contribution in [2.24, 2.45) is 5.92 Å². The number of aromatic amines is 2. The number of aliphatic carboxylic acids is 1. The molecule has 0 bridgehead atoms. The Morgan fingerprint density at radius 3 is 2.50 bits per heavy atom. The van der Waals surface area contributed by atoms with Crippen LogP contribution in [0.1, 0.15) is 33.1 Å². The maximum Gasteiger partial charge on any atom is 0.326 e. The van der Waals surface area contributed by atoms with Crippen molar-refractivity contribution in [3.63, 3.8) is 0 Å². The highest BCUT2D eigenvalue weighted by atomic mass is 16.4. The van der Waals surface area contributed by atoms with Crippen LogP contribution < -0.4 is 16.3 Å². The minimum absolute atomic E-state index is 0.112. The molecule has 0 aromatic carbocycles. The van der Waals surface area contributed by atoms with E-state index >= 15 is 0 Å². The summed E-state index contributed by atoms with van der Waals surface area (Å²) in [4.78, 5) is 55.2. The Labute approximate surface area is 148 Å². The third kappa shape index (κ3) is 5.43. The number of anilines is 1. The summed E-state index contributed by atoms with van der Waals surface area (Å²) in [5, 5.41) is 14.0. The molecule has 5 N–H and O–H groups in total. The number of imidazole rings is 1. The number of carbonyl (C=O) groups is 3. The van der Waals surface area contributed by atoms with Gasteiger partial charge in [0.15, 0.2) is 5.65 Å². The van der Waals surface area contributed by atoms with Crippen molar-refractivity contribution in [3.8, 4) is 0 Å². The first-order valence-electron chi connectivity index (χ1n) is 8.15. The topological polar surface area (TPSA) is 157 Å². The predicted octanol–water partition coefficient (Wildman–Crippen LogP) is 0.585. The van der Waals surface area contributed by atoms with Crippen molar-refractivity contribution < 1.29 is 19.5 Å². The zero-order chi connectivity index (χ0) is 19.3. The lowest BCUT2D eigenvalue weighted by atomic mass is 10.0. The van der Waals surface area contributed by atoms with Crippen molar-refractivity contribution >= 4 is 34.8 Å². The summed E-state index contributed by atoms with van der Waals surface area (Å²) >= 11 is 0. The fourth-order valence-corrected chi connectivity index (χ4v) is 2.38. The average Bonchev–Trinajstić information content (AvgIpc) is 2.91. The second-order valence-electron chi connectivity index (χ2n) is 6.31. The molecule has 1 atom stereocenters. The Kier molecular flexibility index (Phi) is 6.10. The third-order valence-electron chi connectivity index (χ3n) is 3.56. The number of carboxylic acid groups (broad SMARTS) is 1. The number of fused-ring (bicyclic) bond motifs is 1. The molecule has 0 spiro atoms. The van der Waals surface area contributed by atoms with Crippen LogP contribution in [0.15, 0.2) is 16.9 Å². The van der Waals surface area contributed by atoms with Gasteiger partial charge in [-0.15, -0.1) is 0 Å². The summed E-state index contributed by atoms with van der Waals surface area (Å²) in [7, 11) is 0. The molecule has 0 unspecified atom stereocenters. The standard InChI is InChI=1S/C16H21N5O5/c1-8(2)7-10(15(24)25)17-12(22)5-6-13(23)19-11-4-3-9-14(20-11)21-16(26)18-9/h3-4,8,10H,5-7H2,1-2H3,(H,17,22)(H,24,25)(H3,18,19,20,21,23,26)/t10-/m0/s1. The summed E-state index contributed by atoms with van der Waals surface area (Å²) in [6.07, 6.45) is 0.0479. The van der Waals surface area contributed by atoms with E-state index in [2.05, 4.69) is 25.6 Å². The van der Waals surface area contributed by atoms with Gasteiger partial charge in [-0.25, -0.2) is 14.6 Å². The van der Waals surface area contributed by atoms with Gasteiger partial charge in [-0.05, 0) is 24.5 Å². The van der Waals surface area contributed by atoms with E-state index in [1.54, 1.807) is 6.07 Å². The zero-order valence-corrected chi connectivity index (χ0v) is 14.5. The molecule has 2 aromatic rings. The smallest absolute Gasteiger partial charge is 0.326 e. The zero-order valence-electron chi connectivity index (χ0n) is 14.5. The van der Waals surface area contributed by atoms with Crippen LogP contribution in [0, 0.1) is 5.92 Å². The van der Waals surface area contributed by atoms with Crippen LogP contribution in [-0.2, 0) is 14.4 Å². The second-order valence-corrected chi connectivity index (χ2v) is 6.31. The molecule has 0 aliphatic rings. The molecule has 2 rings (SSSR count). The summed E-state index contributed by atoms with van der Waals surface area (Å²) < 4.78 is 0. The molecule has 10 nitrogen and oxygen atoms in total. The van der Waals surface area contributed by atoms with Gasteiger partial charge in [0, 0.05) is 12.8 Å². The van der Waals surface area contributed by atoms with Gasteiger partial charge in [0.25, 0.3) is 0 Å². The molecule has 2 amide bonds. The number of pyridine rings is 1. The Morgan fingerprint density at radius 2 is 1.85 bits per heavy atom. The first-order valence-corrected chi connectivity index (χ1v) is 8.15. The Balaban J connectivity index is 1.85. The highest BCUT2D eigenvalue weighted by Gasteiger charge is 2.21. The van der Waals surface area contributed by atoms with Gasteiger partial charge in [-0.1, -0.05) is 13.8 Å². The first-order chi connectivity index (χ1) is 12.2. The summed E-state index contributed by atoms with van der Waals surface area (Å²) in [5.41, 5.74) is 0.419. The first kappa shape index (κ1) is 19.2. The quantitative estimate of drug-likeness (QED) is 0.462. The van der Waals surface area contributed by atoms with Crippen LogP contribution in [0.25, 0.3) is 11.2 Å². The van der Waals surface area contributed by atoms with E-state index in [1.807, 2.05) is 13.8 Å².